The van der Waals surface area contributed by atoms with Crippen LogP contribution in [0.4, 0.5) is 5.69 Å². The molecule has 3 aromatic rings. The number of aliphatic imine (C=N–C) groups is 1. The molecule has 4 heteroatoms. The first kappa shape index (κ1) is 17.4. The maximum absolute atomic E-state index is 10.9. The van der Waals surface area contributed by atoms with Crippen LogP contribution in [0.15, 0.2) is 77.8 Å². The minimum atomic E-state index is -0.935. The molecule has 0 aliphatic heterocycles. The van der Waals surface area contributed by atoms with Crippen LogP contribution in [-0.2, 0) is 6.61 Å². The third kappa shape index (κ3) is 4.57. The van der Waals surface area contributed by atoms with Crippen molar-refractivity contribution in [2.45, 2.75) is 13.5 Å². The molecule has 0 radical (unpaired) electrons. The van der Waals surface area contributed by atoms with Crippen LogP contribution in [0, 0.1) is 6.92 Å². The van der Waals surface area contributed by atoms with Gasteiger partial charge in [-0.2, -0.15) is 0 Å². The van der Waals surface area contributed by atoms with E-state index in [9.17, 15) is 4.79 Å². The van der Waals surface area contributed by atoms with Crippen LogP contribution in [0.3, 0.4) is 0 Å². The van der Waals surface area contributed by atoms with Gasteiger partial charge in [-0.05, 0) is 54.4 Å². The summed E-state index contributed by atoms with van der Waals surface area (Å²) in [5.41, 5.74) is 4.11. The number of aryl methyl sites for hydroxylation is 1. The minimum absolute atomic E-state index is 0.263. The number of hydrogen-bond donors (Lipinski definition) is 1. The highest BCUT2D eigenvalue weighted by Crippen LogP contribution is 2.20. The van der Waals surface area contributed by atoms with Crippen LogP contribution in [0.1, 0.15) is 27.0 Å². The Balaban J connectivity index is 1.72. The molecule has 0 aliphatic rings. The van der Waals surface area contributed by atoms with Crippen LogP contribution in [0.2, 0.25) is 0 Å². The van der Waals surface area contributed by atoms with Gasteiger partial charge in [0, 0.05) is 11.8 Å². The van der Waals surface area contributed by atoms with Crippen molar-refractivity contribution in [3.05, 3.63) is 95.1 Å². The summed E-state index contributed by atoms with van der Waals surface area (Å²) in [6, 6.07) is 22.3. The molecule has 3 aromatic carbocycles. The van der Waals surface area contributed by atoms with Gasteiger partial charge in [-0.3, -0.25) is 4.99 Å². The summed E-state index contributed by atoms with van der Waals surface area (Å²) in [6.45, 7) is 2.39. The number of hydrogen-bond acceptors (Lipinski definition) is 3. The molecule has 0 heterocycles. The summed E-state index contributed by atoms with van der Waals surface area (Å²) >= 11 is 0. The van der Waals surface area contributed by atoms with Crippen LogP contribution in [0.5, 0.6) is 5.75 Å². The zero-order chi connectivity index (χ0) is 18.4. The van der Waals surface area contributed by atoms with Gasteiger partial charge in [0.25, 0.3) is 0 Å². The second kappa shape index (κ2) is 8.12. The second-order valence-electron chi connectivity index (χ2n) is 5.93. The Labute approximate surface area is 152 Å². The van der Waals surface area contributed by atoms with E-state index in [-0.39, 0.29) is 5.56 Å². The van der Waals surface area contributed by atoms with E-state index < -0.39 is 5.97 Å². The second-order valence-corrected chi connectivity index (χ2v) is 5.93. The first-order chi connectivity index (χ1) is 12.6. The molecular formula is C22H19NO3. The molecule has 0 saturated carbocycles. The lowest BCUT2D eigenvalue weighted by atomic mass is 10.1. The first-order valence-electron chi connectivity index (χ1n) is 8.26. The number of carboxylic acid groups (broad SMARTS) is 1. The fourth-order valence-corrected chi connectivity index (χ4v) is 2.48. The van der Waals surface area contributed by atoms with Crippen LogP contribution < -0.4 is 4.74 Å². The smallest absolute Gasteiger partial charge is 0.335 e. The van der Waals surface area contributed by atoms with Crippen molar-refractivity contribution >= 4 is 17.9 Å². The molecule has 0 amide bonds. The predicted octanol–water partition coefficient (Wildman–Crippen LogP) is 5.02. The highest BCUT2D eigenvalue weighted by Gasteiger charge is 2.04. The quantitative estimate of drug-likeness (QED) is 0.638. The number of benzene rings is 3. The highest BCUT2D eigenvalue weighted by molar-refractivity contribution is 5.87. The van der Waals surface area contributed by atoms with Crippen LogP contribution in [0.25, 0.3) is 0 Å². The van der Waals surface area contributed by atoms with Gasteiger partial charge in [-0.15, -0.1) is 0 Å². The van der Waals surface area contributed by atoms with Gasteiger partial charge in [0.1, 0.15) is 12.4 Å². The molecule has 0 unspecified atom stereocenters. The van der Waals surface area contributed by atoms with Gasteiger partial charge < -0.3 is 9.84 Å². The van der Waals surface area contributed by atoms with E-state index in [0.717, 1.165) is 28.1 Å². The molecule has 3 rings (SSSR count). The molecule has 0 fully saturated rings. The summed E-state index contributed by atoms with van der Waals surface area (Å²) in [7, 11) is 0. The van der Waals surface area contributed by atoms with Crippen molar-refractivity contribution in [3.8, 4) is 5.75 Å². The van der Waals surface area contributed by atoms with Crippen molar-refractivity contribution in [1.29, 1.82) is 0 Å². The summed E-state index contributed by atoms with van der Waals surface area (Å²) in [5.74, 6) is -0.207. The zero-order valence-electron chi connectivity index (χ0n) is 14.4. The minimum Gasteiger partial charge on any atom is -0.488 e. The SMILES string of the molecule is Cc1cccc(N=Cc2ccccc2OCc2ccc(C(=O)O)cc2)c1. The standard InChI is InChI=1S/C22H19NO3/c1-16-5-4-7-20(13-16)23-14-19-6-2-3-8-21(19)26-15-17-9-11-18(12-10-17)22(24)25/h2-14H,15H2,1H3,(H,24,25). The lowest BCUT2D eigenvalue weighted by molar-refractivity contribution is 0.0697. The molecule has 0 spiro atoms. The molecule has 0 aliphatic carbocycles. The molecule has 130 valence electrons. The summed E-state index contributed by atoms with van der Waals surface area (Å²) in [5, 5.41) is 8.94. The Morgan fingerprint density at radius 1 is 1.04 bits per heavy atom. The lowest BCUT2D eigenvalue weighted by Gasteiger charge is -2.09. The molecule has 0 atom stereocenters. The van der Waals surface area contributed by atoms with Crippen molar-refractivity contribution in [3.63, 3.8) is 0 Å². The van der Waals surface area contributed by atoms with Gasteiger partial charge in [0.2, 0.25) is 0 Å². The van der Waals surface area contributed by atoms with Crippen molar-refractivity contribution in [1.82, 2.24) is 0 Å². The molecule has 4 nitrogen and oxygen atoms in total. The number of aromatic carboxylic acids is 1. The molecule has 0 bridgehead atoms. The fourth-order valence-electron chi connectivity index (χ4n) is 2.48. The molecule has 26 heavy (non-hydrogen) atoms. The van der Waals surface area contributed by atoms with E-state index in [0.29, 0.717) is 6.61 Å². The maximum atomic E-state index is 10.9. The van der Waals surface area contributed by atoms with Crippen molar-refractivity contribution < 1.29 is 14.6 Å². The average Bonchev–Trinajstić information content (AvgIpc) is 2.66. The fraction of sp³-hybridized carbons (Fsp3) is 0.0909. The van der Waals surface area contributed by atoms with Gasteiger partial charge in [0.15, 0.2) is 0 Å². The van der Waals surface area contributed by atoms with Gasteiger partial charge >= 0.3 is 5.97 Å². The number of carbonyl (C=O) groups is 1. The van der Waals surface area contributed by atoms with Crippen molar-refractivity contribution in [2.75, 3.05) is 0 Å². The first-order valence-corrected chi connectivity index (χ1v) is 8.26. The summed E-state index contributed by atoms with van der Waals surface area (Å²) < 4.78 is 5.90. The van der Waals surface area contributed by atoms with Gasteiger partial charge in [-0.25, -0.2) is 4.79 Å². The predicted molar refractivity (Wildman–Crippen MR) is 103 cm³/mol. The zero-order valence-corrected chi connectivity index (χ0v) is 14.4. The Hall–Kier alpha value is -3.40. The number of para-hydroxylation sites is 1. The molecular weight excluding hydrogens is 326 g/mol. The van der Waals surface area contributed by atoms with E-state index in [1.54, 1.807) is 30.5 Å². The number of rotatable bonds is 6. The Kier molecular flexibility index (Phi) is 5.44. The Morgan fingerprint density at radius 3 is 2.54 bits per heavy atom. The van der Waals surface area contributed by atoms with Crippen molar-refractivity contribution in [2.24, 2.45) is 4.99 Å². The normalized spacial score (nSPS) is 10.8. The number of nitrogens with zero attached hydrogens (tertiary/aromatic N) is 1. The Bertz CT molecular complexity index is 930. The summed E-state index contributed by atoms with van der Waals surface area (Å²) in [4.78, 5) is 15.4. The molecule has 1 N–H and O–H groups in total. The summed E-state index contributed by atoms with van der Waals surface area (Å²) in [6.07, 6.45) is 1.79. The average molecular weight is 345 g/mol. The lowest BCUT2D eigenvalue weighted by Crippen LogP contribution is -2.00. The largest absolute Gasteiger partial charge is 0.488 e. The van der Waals surface area contributed by atoms with E-state index in [1.165, 1.54) is 0 Å². The van der Waals surface area contributed by atoms with Gasteiger partial charge in [-0.1, -0.05) is 36.4 Å². The van der Waals surface area contributed by atoms with E-state index in [4.69, 9.17) is 9.84 Å². The highest BCUT2D eigenvalue weighted by atomic mass is 16.5. The molecule has 0 saturated heterocycles. The topological polar surface area (TPSA) is 58.9 Å². The third-order valence-electron chi connectivity index (χ3n) is 3.87. The van der Waals surface area contributed by atoms with Crippen LogP contribution in [-0.4, -0.2) is 17.3 Å². The monoisotopic (exact) mass is 345 g/mol. The van der Waals surface area contributed by atoms with Crippen LogP contribution >= 0.6 is 0 Å². The third-order valence-corrected chi connectivity index (χ3v) is 3.87. The number of ether oxygens (including phenoxy) is 1. The number of carboxylic acids is 1. The Morgan fingerprint density at radius 2 is 1.81 bits per heavy atom. The molecule has 0 aromatic heterocycles. The van der Waals surface area contributed by atoms with E-state index in [1.807, 2.05) is 55.5 Å². The van der Waals surface area contributed by atoms with E-state index in [2.05, 4.69) is 4.99 Å². The van der Waals surface area contributed by atoms with Gasteiger partial charge in [0.05, 0.1) is 11.3 Å². The maximum Gasteiger partial charge on any atom is 0.335 e. The van der Waals surface area contributed by atoms with E-state index >= 15 is 0 Å².